The van der Waals surface area contributed by atoms with E-state index in [9.17, 15) is 14.4 Å². The Morgan fingerprint density at radius 1 is 1.14 bits per heavy atom. The van der Waals surface area contributed by atoms with E-state index in [0.717, 1.165) is 61.1 Å². The van der Waals surface area contributed by atoms with E-state index in [1.165, 1.54) is 11.1 Å². The molecule has 0 spiro atoms. The molecule has 0 saturated carbocycles. The van der Waals surface area contributed by atoms with E-state index in [4.69, 9.17) is 0 Å². The number of hydrogen-bond acceptors (Lipinski definition) is 3. The first-order chi connectivity index (χ1) is 13.9. The fraction of sp³-hybridized carbons (Fsp3) is 0.522. The fourth-order valence-electron chi connectivity index (χ4n) is 4.75. The van der Waals surface area contributed by atoms with E-state index < -0.39 is 11.6 Å². The summed E-state index contributed by atoms with van der Waals surface area (Å²) in [5.74, 6) is -0.565. The van der Waals surface area contributed by atoms with E-state index in [1.807, 2.05) is 19.1 Å². The molecule has 4 rings (SSSR count). The third-order valence-electron chi connectivity index (χ3n) is 6.48. The molecule has 2 aliphatic carbocycles. The average Bonchev–Trinajstić information content (AvgIpc) is 3.28. The van der Waals surface area contributed by atoms with Gasteiger partial charge in [0.25, 0.3) is 5.91 Å². The second kappa shape index (κ2) is 7.65. The highest BCUT2D eigenvalue weighted by Gasteiger charge is 2.50. The fourth-order valence-corrected chi connectivity index (χ4v) is 4.75. The Hall–Kier alpha value is -2.63. The molecule has 1 fully saturated rings. The first-order valence-electron chi connectivity index (χ1n) is 10.7. The molecule has 1 heterocycles. The van der Waals surface area contributed by atoms with Gasteiger partial charge in [0.05, 0.1) is 0 Å². The van der Waals surface area contributed by atoms with Gasteiger partial charge >= 0.3 is 6.03 Å². The molecule has 0 radical (unpaired) electrons. The van der Waals surface area contributed by atoms with Gasteiger partial charge < -0.3 is 10.2 Å². The molecule has 0 aromatic heterocycles. The Balaban J connectivity index is 1.53. The van der Waals surface area contributed by atoms with Crippen molar-refractivity contribution < 1.29 is 14.4 Å². The summed E-state index contributed by atoms with van der Waals surface area (Å²) in [6, 6.07) is 5.53. The van der Waals surface area contributed by atoms with Crippen molar-refractivity contribution >= 4 is 17.8 Å². The Labute approximate surface area is 171 Å². The summed E-state index contributed by atoms with van der Waals surface area (Å²) in [5.41, 5.74) is 3.24. The van der Waals surface area contributed by atoms with Gasteiger partial charge in [-0.15, -0.1) is 0 Å². The minimum absolute atomic E-state index is 0.206. The molecule has 6 nitrogen and oxygen atoms in total. The van der Waals surface area contributed by atoms with Crippen LogP contribution in [0.25, 0.3) is 0 Å². The summed E-state index contributed by atoms with van der Waals surface area (Å²) in [6.07, 6.45) is 9.34. The first-order valence-corrected chi connectivity index (χ1v) is 10.7. The summed E-state index contributed by atoms with van der Waals surface area (Å²) >= 11 is 0. The number of hydrogen-bond donors (Lipinski definition) is 1. The quantitative estimate of drug-likeness (QED) is 0.778. The standard InChI is InChI=1S/C23H29N3O3/c1-3-25(19-10-5-4-6-11-19)20(27)15-26-21(28)23(2,24-22(26)29)18-13-12-16-8-7-9-17(16)14-18/h10,12-14H,3-9,11,15H2,1-2H3,(H,24,29)/t23-/m0/s1. The zero-order chi connectivity index (χ0) is 20.6. The maximum absolute atomic E-state index is 13.2. The number of allylic oxidation sites excluding steroid dienone is 2. The highest BCUT2D eigenvalue weighted by atomic mass is 16.2. The lowest BCUT2D eigenvalue weighted by Gasteiger charge is -2.28. The highest BCUT2D eigenvalue weighted by Crippen LogP contribution is 2.32. The van der Waals surface area contributed by atoms with Crippen LogP contribution in [0.4, 0.5) is 4.79 Å². The van der Waals surface area contributed by atoms with Gasteiger partial charge in [-0.3, -0.25) is 14.5 Å². The molecule has 154 valence electrons. The Kier molecular flexibility index (Phi) is 5.19. The smallest absolute Gasteiger partial charge is 0.319 e. The topological polar surface area (TPSA) is 69.7 Å². The van der Waals surface area contributed by atoms with Crippen molar-refractivity contribution in [1.29, 1.82) is 0 Å². The summed E-state index contributed by atoms with van der Waals surface area (Å²) < 4.78 is 0. The number of benzene rings is 1. The lowest BCUT2D eigenvalue weighted by molar-refractivity contribution is -0.138. The first kappa shape index (κ1) is 19.7. The molecule has 1 aliphatic heterocycles. The average molecular weight is 396 g/mol. The number of imide groups is 1. The molecule has 0 bridgehead atoms. The lowest BCUT2D eigenvalue weighted by atomic mass is 9.89. The highest BCUT2D eigenvalue weighted by molar-refractivity contribution is 6.09. The van der Waals surface area contributed by atoms with Crippen LogP contribution in [0.2, 0.25) is 0 Å². The van der Waals surface area contributed by atoms with Gasteiger partial charge in [-0.05, 0) is 75.5 Å². The SMILES string of the molecule is CCN(C(=O)CN1C(=O)N[C@@](C)(c2ccc3c(c2)CCC3)C1=O)C1=CCCCC1. The van der Waals surface area contributed by atoms with Crippen LogP contribution < -0.4 is 5.32 Å². The van der Waals surface area contributed by atoms with E-state index in [1.54, 1.807) is 11.8 Å². The normalized spacial score (nSPS) is 23.7. The maximum atomic E-state index is 13.2. The van der Waals surface area contributed by atoms with Crippen molar-refractivity contribution in [3.8, 4) is 0 Å². The zero-order valence-corrected chi connectivity index (χ0v) is 17.3. The molecule has 0 unspecified atom stereocenters. The molecule has 6 heteroatoms. The van der Waals surface area contributed by atoms with E-state index >= 15 is 0 Å². The minimum atomic E-state index is -1.13. The summed E-state index contributed by atoms with van der Waals surface area (Å²) in [7, 11) is 0. The van der Waals surface area contributed by atoms with Crippen LogP contribution in [0.5, 0.6) is 0 Å². The van der Waals surface area contributed by atoms with Crippen LogP contribution in [0.3, 0.4) is 0 Å². The second-order valence-electron chi connectivity index (χ2n) is 8.36. The number of urea groups is 1. The largest absolute Gasteiger partial charge is 0.325 e. The number of likely N-dealkylation sites (N-methyl/N-ethyl adjacent to an activating group) is 1. The Morgan fingerprint density at radius 2 is 1.93 bits per heavy atom. The van der Waals surface area contributed by atoms with Crippen LogP contribution >= 0.6 is 0 Å². The summed E-state index contributed by atoms with van der Waals surface area (Å²) in [4.78, 5) is 41.6. The van der Waals surface area contributed by atoms with Crippen molar-refractivity contribution in [2.75, 3.05) is 13.1 Å². The molecule has 3 aliphatic rings. The van der Waals surface area contributed by atoms with Crippen LogP contribution in [-0.4, -0.2) is 40.7 Å². The van der Waals surface area contributed by atoms with E-state index in [0.29, 0.717) is 6.54 Å². The van der Waals surface area contributed by atoms with Gasteiger partial charge in [-0.1, -0.05) is 24.3 Å². The van der Waals surface area contributed by atoms with Crippen LogP contribution in [-0.2, 0) is 28.0 Å². The number of rotatable bonds is 5. The third-order valence-corrected chi connectivity index (χ3v) is 6.48. The molecular formula is C23H29N3O3. The van der Waals surface area contributed by atoms with Gasteiger partial charge in [-0.2, -0.15) is 0 Å². The number of aryl methyl sites for hydroxylation is 2. The van der Waals surface area contributed by atoms with Gasteiger partial charge in [-0.25, -0.2) is 4.79 Å². The minimum Gasteiger partial charge on any atom is -0.319 e. The van der Waals surface area contributed by atoms with E-state index in [2.05, 4.69) is 17.5 Å². The predicted octanol–water partition coefficient (Wildman–Crippen LogP) is 3.25. The zero-order valence-electron chi connectivity index (χ0n) is 17.3. The molecule has 29 heavy (non-hydrogen) atoms. The van der Waals surface area contributed by atoms with Gasteiger partial charge in [0, 0.05) is 12.2 Å². The second-order valence-corrected chi connectivity index (χ2v) is 8.36. The van der Waals surface area contributed by atoms with Crippen LogP contribution in [0.15, 0.2) is 30.0 Å². The van der Waals surface area contributed by atoms with Crippen molar-refractivity contribution in [2.45, 2.75) is 64.3 Å². The molecule has 1 atom stereocenters. The summed E-state index contributed by atoms with van der Waals surface area (Å²) in [6.45, 7) is 3.97. The maximum Gasteiger partial charge on any atom is 0.325 e. The molecule has 1 N–H and O–H groups in total. The lowest BCUT2D eigenvalue weighted by Crippen LogP contribution is -2.44. The number of nitrogens with one attached hydrogen (secondary N) is 1. The molecule has 1 aromatic carbocycles. The van der Waals surface area contributed by atoms with Gasteiger partial charge in [0.15, 0.2) is 0 Å². The van der Waals surface area contributed by atoms with Crippen molar-refractivity contribution in [2.24, 2.45) is 0 Å². The molecular weight excluding hydrogens is 366 g/mol. The molecule has 1 saturated heterocycles. The third kappa shape index (κ3) is 3.45. The van der Waals surface area contributed by atoms with E-state index in [-0.39, 0.29) is 18.4 Å². The molecule has 1 aromatic rings. The number of fused-ring (bicyclic) bond motifs is 1. The molecule has 4 amide bonds. The Morgan fingerprint density at radius 3 is 2.66 bits per heavy atom. The van der Waals surface area contributed by atoms with Crippen LogP contribution in [0.1, 0.15) is 62.6 Å². The monoisotopic (exact) mass is 395 g/mol. The van der Waals surface area contributed by atoms with Gasteiger partial charge in [0.1, 0.15) is 12.1 Å². The van der Waals surface area contributed by atoms with Crippen molar-refractivity contribution in [3.05, 3.63) is 46.7 Å². The number of carbonyl (C=O) groups excluding carboxylic acids is 3. The number of carbonyl (C=O) groups is 3. The van der Waals surface area contributed by atoms with Crippen molar-refractivity contribution in [1.82, 2.24) is 15.1 Å². The number of amides is 4. The summed E-state index contributed by atoms with van der Waals surface area (Å²) in [5, 5.41) is 2.83. The predicted molar refractivity (Wildman–Crippen MR) is 110 cm³/mol. The van der Waals surface area contributed by atoms with Crippen molar-refractivity contribution in [3.63, 3.8) is 0 Å². The van der Waals surface area contributed by atoms with Crippen LogP contribution in [0, 0.1) is 0 Å². The Bertz CT molecular complexity index is 891. The van der Waals surface area contributed by atoms with Gasteiger partial charge in [0.2, 0.25) is 5.91 Å². The number of nitrogens with zero attached hydrogens (tertiary/aromatic N) is 2.